The number of nitrogens with zero attached hydrogens (tertiary/aromatic N) is 1. The molecule has 2 N–H and O–H groups in total. The van der Waals surface area contributed by atoms with E-state index < -0.39 is 0 Å². The van der Waals surface area contributed by atoms with E-state index in [2.05, 4.69) is 0 Å². The van der Waals surface area contributed by atoms with Gasteiger partial charge >= 0.3 is 0 Å². The smallest absolute Gasteiger partial charge is 0.265 e. The molecule has 1 aliphatic heterocycles. The molecule has 4 nitrogen and oxygen atoms in total. The summed E-state index contributed by atoms with van der Waals surface area (Å²) in [5, 5.41) is 0. The predicted octanol–water partition coefficient (Wildman–Crippen LogP) is 2.44. The van der Waals surface area contributed by atoms with Crippen molar-refractivity contribution in [2.75, 3.05) is 4.90 Å². The van der Waals surface area contributed by atoms with Crippen LogP contribution in [-0.2, 0) is 11.2 Å². The van der Waals surface area contributed by atoms with Crippen LogP contribution in [0.3, 0.4) is 0 Å². The van der Waals surface area contributed by atoms with Gasteiger partial charge in [-0.25, -0.2) is 4.90 Å². The van der Waals surface area contributed by atoms with Crippen LogP contribution < -0.4 is 10.6 Å². The highest BCUT2D eigenvalue weighted by molar-refractivity contribution is 6.24. The molecule has 0 bridgehead atoms. The van der Waals surface area contributed by atoms with E-state index in [9.17, 15) is 9.59 Å². The van der Waals surface area contributed by atoms with Gasteiger partial charge in [-0.15, -0.1) is 0 Å². The van der Waals surface area contributed by atoms with Crippen molar-refractivity contribution in [1.82, 2.24) is 0 Å². The molecule has 1 aliphatic rings. The maximum Gasteiger partial charge on any atom is 0.265 e. The standard InChI is InChI=1S/C17H16N2O2/c1-11(18)12-6-4-7-14(9-12)19-16(20)10-13-5-2-3-8-15(13)17(19)21/h2-9,11H,10,18H2,1H3. The summed E-state index contributed by atoms with van der Waals surface area (Å²) in [6, 6.07) is 14.3. The van der Waals surface area contributed by atoms with Crippen molar-refractivity contribution in [2.24, 2.45) is 5.73 Å². The summed E-state index contributed by atoms with van der Waals surface area (Å²) in [6.45, 7) is 1.87. The average molecular weight is 280 g/mol. The van der Waals surface area contributed by atoms with Gasteiger partial charge in [-0.05, 0) is 36.2 Å². The van der Waals surface area contributed by atoms with E-state index in [1.54, 1.807) is 18.2 Å². The van der Waals surface area contributed by atoms with Gasteiger partial charge in [0.15, 0.2) is 0 Å². The second-order valence-electron chi connectivity index (χ2n) is 5.25. The first-order valence-electron chi connectivity index (χ1n) is 6.88. The van der Waals surface area contributed by atoms with Crippen molar-refractivity contribution in [1.29, 1.82) is 0 Å². The Hall–Kier alpha value is -2.46. The summed E-state index contributed by atoms with van der Waals surface area (Å²) >= 11 is 0. The second-order valence-corrected chi connectivity index (χ2v) is 5.25. The number of fused-ring (bicyclic) bond motifs is 1. The van der Waals surface area contributed by atoms with Gasteiger partial charge in [0.1, 0.15) is 0 Å². The van der Waals surface area contributed by atoms with Crippen LogP contribution in [0, 0.1) is 0 Å². The Bertz CT molecular complexity index is 722. The summed E-state index contributed by atoms with van der Waals surface area (Å²) in [5.41, 5.74) is 8.71. The summed E-state index contributed by atoms with van der Waals surface area (Å²) in [4.78, 5) is 26.1. The molecule has 0 aliphatic carbocycles. The summed E-state index contributed by atoms with van der Waals surface area (Å²) in [7, 11) is 0. The Morgan fingerprint density at radius 3 is 2.62 bits per heavy atom. The molecule has 0 saturated carbocycles. The summed E-state index contributed by atoms with van der Waals surface area (Å²) < 4.78 is 0. The van der Waals surface area contributed by atoms with E-state index in [0.29, 0.717) is 11.3 Å². The Kier molecular flexibility index (Phi) is 3.31. The first-order chi connectivity index (χ1) is 10.1. The summed E-state index contributed by atoms with van der Waals surface area (Å²) in [5.74, 6) is -0.482. The Morgan fingerprint density at radius 1 is 1.10 bits per heavy atom. The number of benzene rings is 2. The zero-order valence-electron chi connectivity index (χ0n) is 11.7. The highest BCUT2D eigenvalue weighted by Gasteiger charge is 2.31. The highest BCUT2D eigenvalue weighted by Crippen LogP contribution is 2.27. The number of rotatable bonds is 2. The minimum atomic E-state index is -0.274. The van der Waals surface area contributed by atoms with Crippen molar-refractivity contribution in [3.8, 4) is 0 Å². The fourth-order valence-corrected chi connectivity index (χ4v) is 2.57. The molecule has 1 atom stereocenters. The minimum Gasteiger partial charge on any atom is -0.324 e. The summed E-state index contributed by atoms with van der Waals surface area (Å²) in [6.07, 6.45) is 0.240. The van der Waals surface area contributed by atoms with Crippen LogP contribution in [-0.4, -0.2) is 11.8 Å². The largest absolute Gasteiger partial charge is 0.324 e. The molecule has 0 spiro atoms. The minimum absolute atomic E-state index is 0.146. The molecule has 2 amide bonds. The van der Waals surface area contributed by atoms with E-state index in [0.717, 1.165) is 11.1 Å². The molecule has 21 heavy (non-hydrogen) atoms. The van der Waals surface area contributed by atoms with Gasteiger partial charge in [-0.2, -0.15) is 0 Å². The first kappa shape index (κ1) is 13.5. The Morgan fingerprint density at radius 2 is 1.86 bits per heavy atom. The van der Waals surface area contributed by atoms with Gasteiger partial charge in [0.2, 0.25) is 5.91 Å². The third-order valence-corrected chi connectivity index (χ3v) is 3.70. The number of anilines is 1. The number of amides is 2. The van der Waals surface area contributed by atoms with E-state index in [1.165, 1.54) is 4.90 Å². The molecule has 106 valence electrons. The van der Waals surface area contributed by atoms with Gasteiger partial charge in [0.25, 0.3) is 5.91 Å². The van der Waals surface area contributed by atoms with Crippen molar-refractivity contribution < 1.29 is 9.59 Å². The van der Waals surface area contributed by atoms with E-state index in [1.807, 2.05) is 37.3 Å². The SMILES string of the molecule is CC(N)c1cccc(N2C(=O)Cc3ccccc3C2=O)c1. The predicted molar refractivity (Wildman–Crippen MR) is 81.0 cm³/mol. The number of imide groups is 1. The zero-order valence-corrected chi connectivity index (χ0v) is 11.7. The Balaban J connectivity index is 2.05. The molecule has 2 aromatic carbocycles. The average Bonchev–Trinajstić information content (AvgIpc) is 2.47. The molecule has 0 radical (unpaired) electrons. The van der Waals surface area contributed by atoms with Crippen LogP contribution in [0.5, 0.6) is 0 Å². The monoisotopic (exact) mass is 280 g/mol. The van der Waals surface area contributed by atoms with E-state index >= 15 is 0 Å². The first-order valence-corrected chi connectivity index (χ1v) is 6.88. The number of nitrogens with two attached hydrogens (primary N) is 1. The fourth-order valence-electron chi connectivity index (χ4n) is 2.57. The van der Waals surface area contributed by atoms with Crippen LogP contribution in [0.1, 0.15) is 34.5 Å². The number of carbonyl (C=O) groups is 2. The van der Waals surface area contributed by atoms with Crippen molar-refractivity contribution in [3.05, 3.63) is 65.2 Å². The van der Waals surface area contributed by atoms with Gasteiger partial charge < -0.3 is 5.73 Å². The second kappa shape index (κ2) is 5.14. The molecule has 4 heteroatoms. The molecule has 1 unspecified atom stereocenters. The van der Waals surface area contributed by atoms with Gasteiger partial charge in [-0.1, -0.05) is 30.3 Å². The van der Waals surface area contributed by atoms with E-state index in [4.69, 9.17) is 5.73 Å². The number of hydrogen-bond donors (Lipinski definition) is 1. The van der Waals surface area contributed by atoms with Crippen molar-refractivity contribution in [3.63, 3.8) is 0 Å². The molecular weight excluding hydrogens is 264 g/mol. The van der Waals surface area contributed by atoms with Crippen LogP contribution in [0.2, 0.25) is 0 Å². The maximum atomic E-state index is 12.6. The van der Waals surface area contributed by atoms with Crippen molar-refractivity contribution in [2.45, 2.75) is 19.4 Å². The van der Waals surface area contributed by atoms with Crippen molar-refractivity contribution >= 4 is 17.5 Å². The van der Waals surface area contributed by atoms with Gasteiger partial charge in [-0.3, -0.25) is 9.59 Å². The van der Waals surface area contributed by atoms with Crippen LogP contribution >= 0.6 is 0 Å². The molecule has 1 heterocycles. The Labute approximate surface area is 123 Å². The third-order valence-electron chi connectivity index (χ3n) is 3.70. The van der Waals surface area contributed by atoms with Crippen LogP contribution in [0.15, 0.2) is 48.5 Å². The molecule has 0 saturated heterocycles. The molecule has 2 aromatic rings. The fraction of sp³-hybridized carbons (Fsp3) is 0.176. The lowest BCUT2D eigenvalue weighted by Crippen LogP contribution is -2.42. The molecule has 0 fully saturated rings. The lowest BCUT2D eigenvalue weighted by atomic mass is 9.97. The molecule has 0 aromatic heterocycles. The highest BCUT2D eigenvalue weighted by atomic mass is 16.2. The topological polar surface area (TPSA) is 63.4 Å². The van der Waals surface area contributed by atoms with Gasteiger partial charge in [0.05, 0.1) is 12.1 Å². The third kappa shape index (κ3) is 2.34. The van der Waals surface area contributed by atoms with E-state index in [-0.39, 0.29) is 24.3 Å². The number of hydrogen-bond acceptors (Lipinski definition) is 3. The quantitative estimate of drug-likeness (QED) is 0.859. The molecular formula is C17H16N2O2. The van der Waals surface area contributed by atoms with Crippen LogP contribution in [0.4, 0.5) is 5.69 Å². The maximum absolute atomic E-state index is 12.6. The lowest BCUT2D eigenvalue weighted by molar-refractivity contribution is -0.117. The normalized spacial score (nSPS) is 15.8. The number of carbonyl (C=O) groups excluding carboxylic acids is 2. The zero-order chi connectivity index (χ0) is 15.0. The molecule has 3 rings (SSSR count). The van der Waals surface area contributed by atoms with Crippen LogP contribution in [0.25, 0.3) is 0 Å². The lowest BCUT2D eigenvalue weighted by Gasteiger charge is -2.27. The van der Waals surface area contributed by atoms with Gasteiger partial charge in [0, 0.05) is 11.6 Å².